The topological polar surface area (TPSA) is 29.1 Å². The van der Waals surface area contributed by atoms with Crippen molar-refractivity contribution in [2.24, 2.45) is 0 Å². The monoisotopic (exact) mass is 255 g/mol. The highest BCUT2D eigenvalue weighted by Gasteiger charge is 2.03. The third-order valence-corrected chi connectivity index (χ3v) is 2.11. The lowest BCUT2D eigenvalue weighted by atomic mass is 10.3. The highest BCUT2D eigenvalue weighted by Crippen LogP contribution is 2.19. The molecule has 0 aliphatic carbocycles. The Morgan fingerprint density at radius 3 is 2.93 bits per heavy atom. The molecule has 0 aromatic heterocycles. The van der Waals surface area contributed by atoms with Gasteiger partial charge in [0.25, 0.3) is 0 Å². The van der Waals surface area contributed by atoms with Crippen molar-refractivity contribution in [1.82, 2.24) is 0 Å². The molecule has 72 valence electrons. The SMILES string of the molecule is C#CCC(=O)Nc1ccc(Br)c(F)c1. The third kappa shape index (κ3) is 2.86. The first kappa shape index (κ1) is 10.7. The molecule has 0 bridgehead atoms. The van der Waals surface area contributed by atoms with Crippen LogP contribution in [0.25, 0.3) is 0 Å². The van der Waals surface area contributed by atoms with E-state index in [2.05, 4.69) is 27.2 Å². The number of hydrogen-bond donors (Lipinski definition) is 1. The lowest BCUT2D eigenvalue weighted by Gasteiger charge is -2.03. The number of rotatable bonds is 2. The average Bonchev–Trinajstić information content (AvgIpc) is 2.12. The van der Waals surface area contributed by atoms with Gasteiger partial charge in [-0.05, 0) is 34.1 Å². The van der Waals surface area contributed by atoms with E-state index in [-0.39, 0.29) is 12.3 Å². The number of nitrogens with one attached hydrogen (secondary N) is 1. The van der Waals surface area contributed by atoms with Crippen molar-refractivity contribution < 1.29 is 9.18 Å². The van der Waals surface area contributed by atoms with Crippen LogP contribution >= 0.6 is 15.9 Å². The quantitative estimate of drug-likeness (QED) is 0.809. The second-order valence-corrected chi connectivity index (χ2v) is 3.41. The summed E-state index contributed by atoms with van der Waals surface area (Å²) in [6, 6.07) is 4.32. The molecule has 14 heavy (non-hydrogen) atoms. The van der Waals surface area contributed by atoms with Crippen molar-refractivity contribution in [1.29, 1.82) is 0 Å². The Hall–Kier alpha value is -1.34. The first-order valence-electron chi connectivity index (χ1n) is 3.82. The molecule has 0 aliphatic rings. The summed E-state index contributed by atoms with van der Waals surface area (Å²) in [4.78, 5) is 11.0. The number of amides is 1. The highest BCUT2D eigenvalue weighted by atomic mass is 79.9. The minimum absolute atomic E-state index is 0.0162. The fraction of sp³-hybridized carbons (Fsp3) is 0.100. The van der Waals surface area contributed by atoms with Gasteiger partial charge in [0.1, 0.15) is 5.82 Å². The molecule has 1 aromatic carbocycles. The van der Waals surface area contributed by atoms with E-state index in [1.807, 2.05) is 0 Å². The smallest absolute Gasteiger partial charge is 0.236 e. The molecule has 0 saturated heterocycles. The molecule has 0 spiro atoms. The number of terminal acetylenes is 1. The van der Waals surface area contributed by atoms with Gasteiger partial charge in [0.05, 0.1) is 10.9 Å². The van der Waals surface area contributed by atoms with Crippen molar-refractivity contribution in [3.8, 4) is 12.3 Å². The van der Waals surface area contributed by atoms with E-state index in [1.165, 1.54) is 12.1 Å². The fourth-order valence-corrected chi connectivity index (χ4v) is 1.12. The second-order valence-electron chi connectivity index (χ2n) is 2.56. The van der Waals surface area contributed by atoms with Crippen LogP contribution in [0.5, 0.6) is 0 Å². The van der Waals surface area contributed by atoms with Gasteiger partial charge >= 0.3 is 0 Å². The lowest BCUT2D eigenvalue weighted by molar-refractivity contribution is -0.115. The van der Waals surface area contributed by atoms with E-state index in [0.29, 0.717) is 10.2 Å². The number of hydrogen-bond acceptors (Lipinski definition) is 1. The van der Waals surface area contributed by atoms with Crippen molar-refractivity contribution in [2.75, 3.05) is 5.32 Å². The number of anilines is 1. The Balaban J connectivity index is 2.74. The van der Waals surface area contributed by atoms with Gasteiger partial charge in [-0.3, -0.25) is 4.79 Å². The Morgan fingerprint density at radius 1 is 1.64 bits per heavy atom. The maximum atomic E-state index is 13.0. The summed E-state index contributed by atoms with van der Waals surface area (Å²) in [6.45, 7) is 0. The van der Waals surface area contributed by atoms with Gasteiger partial charge < -0.3 is 5.32 Å². The molecular formula is C10H7BrFNO. The summed E-state index contributed by atoms with van der Waals surface area (Å²) < 4.78 is 13.3. The van der Waals surface area contributed by atoms with Crippen LogP contribution < -0.4 is 5.32 Å². The average molecular weight is 256 g/mol. The zero-order valence-corrected chi connectivity index (χ0v) is 8.77. The maximum absolute atomic E-state index is 13.0. The summed E-state index contributed by atoms with van der Waals surface area (Å²) in [7, 11) is 0. The van der Waals surface area contributed by atoms with E-state index in [0.717, 1.165) is 0 Å². The molecule has 1 amide bonds. The van der Waals surface area contributed by atoms with E-state index in [4.69, 9.17) is 6.42 Å². The molecule has 0 unspecified atom stereocenters. The van der Waals surface area contributed by atoms with E-state index < -0.39 is 5.82 Å². The van der Waals surface area contributed by atoms with Crippen molar-refractivity contribution in [3.05, 3.63) is 28.5 Å². The number of halogens is 2. The molecular weight excluding hydrogens is 249 g/mol. The molecule has 2 nitrogen and oxygen atoms in total. The largest absolute Gasteiger partial charge is 0.325 e. The minimum Gasteiger partial charge on any atom is -0.325 e. The summed E-state index contributed by atoms with van der Waals surface area (Å²) in [5.74, 6) is 1.45. The van der Waals surface area contributed by atoms with Crippen molar-refractivity contribution in [2.45, 2.75) is 6.42 Å². The summed E-state index contributed by atoms with van der Waals surface area (Å²) in [5.41, 5.74) is 0.394. The van der Waals surface area contributed by atoms with E-state index in [1.54, 1.807) is 6.07 Å². The molecule has 1 N–H and O–H groups in total. The van der Waals surface area contributed by atoms with Gasteiger partial charge in [0.15, 0.2) is 0 Å². The van der Waals surface area contributed by atoms with Crippen LogP contribution in [-0.2, 0) is 4.79 Å². The van der Waals surface area contributed by atoms with E-state index >= 15 is 0 Å². The first-order valence-corrected chi connectivity index (χ1v) is 4.61. The van der Waals surface area contributed by atoms with E-state index in [9.17, 15) is 9.18 Å². The van der Waals surface area contributed by atoms with Gasteiger partial charge in [-0.15, -0.1) is 6.42 Å². The van der Waals surface area contributed by atoms with Crippen molar-refractivity contribution in [3.63, 3.8) is 0 Å². The van der Waals surface area contributed by atoms with Crippen LogP contribution in [0, 0.1) is 18.2 Å². The normalized spacial score (nSPS) is 9.21. The predicted molar refractivity (Wildman–Crippen MR) is 56.2 cm³/mol. The second kappa shape index (κ2) is 4.77. The number of carbonyl (C=O) groups excluding carboxylic acids is 1. The van der Waals surface area contributed by atoms with Gasteiger partial charge in [-0.1, -0.05) is 5.92 Å². The summed E-state index contributed by atoms with van der Waals surface area (Å²) >= 11 is 3.01. The Labute approximate surface area is 89.6 Å². The van der Waals surface area contributed by atoms with Crippen LogP contribution in [0.15, 0.2) is 22.7 Å². The maximum Gasteiger partial charge on any atom is 0.236 e. The Bertz CT molecular complexity index is 398. The molecule has 4 heteroatoms. The molecule has 0 fully saturated rings. The van der Waals surface area contributed by atoms with Crippen molar-refractivity contribution >= 4 is 27.5 Å². The lowest BCUT2D eigenvalue weighted by Crippen LogP contribution is -2.10. The van der Waals surface area contributed by atoms with Crippen LogP contribution in [0.1, 0.15) is 6.42 Å². The molecule has 0 saturated carbocycles. The summed E-state index contributed by atoms with van der Waals surface area (Å²) in [5, 5.41) is 2.47. The zero-order valence-electron chi connectivity index (χ0n) is 7.18. The van der Waals surface area contributed by atoms with Crippen LogP contribution in [0.4, 0.5) is 10.1 Å². The molecule has 1 rings (SSSR count). The highest BCUT2D eigenvalue weighted by molar-refractivity contribution is 9.10. The van der Waals surface area contributed by atoms with Gasteiger partial charge in [-0.25, -0.2) is 4.39 Å². The number of carbonyl (C=O) groups is 1. The molecule has 0 aliphatic heterocycles. The zero-order chi connectivity index (χ0) is 10.6. The van der Waals surface area contributed by atoms with Gasteiger partial charge in [0, 0.05) is 5.69 Å². The van der Waals surface area contributed by atoms with Crippen LogP contribution in [0.2, 0.25) is 0 Å². The Morgan fingerprint density at radius 2 is 2.36 bits per heavy atom. The van der Waals surface area contributed by atoms with Gasteiger partial charge in [-0.2, -0.15) is 0 Å². The predicted octanol–water partition coefficient (Wildman–Crippen LogP) is 2.55. The minimum atomic E-state index is -0.427. The molecule has 0 heterocycles. The molecule has 0 radical (unpaired) electrons. The van der Waals surface area contributed by atoms with Crippen LogP contribution in [-0.4, -0.2) is 5.91 Å². The Kier molecular flexibility index (Phi) is 3.66. The standard InChI is InChI=1S/C10H7BrFNO/c1-2-3-10(14)13-7-4-5-8(11)9(12)6-7/h1,4-6H,3H2,(H,13,14). The van der Waals surface area contributed by atoms with Gasteiger partial charge in [0.2, 0.25) is 5.91 Å². The molecule has 0 atom stereocenters. The number of benzene rings is 1. The summed E-state index contributed by atoms with van der Waals surface area (Å²) in [6.07, 6.45) is 4.93. The first-order chi connectivity index (χ1) is 6.63. The third-order valence-electron chi connectivity index (χ3n) is 1.47. The molecule has 1 aromatic rings. The van der Waals surface area contributed by atoms with Crippen LogP contribution in [0.3, 0.4) is 0 Å². The fourth-order valence-electron chi connectivity index (χ4n) is 0.872.